The van der Waals surface area contributed by atoms with Crippen molar-refractivity contribution in [1.82, 2.24) is 0 Å². The third kappa shape index (κ3) is 5.03. The van der Waals surface area contributed by atoms with Crippen LogP contribution in [0.4, 0.5) is 5.69 Å². The van der Waals surface area contributed by atoms with E-state index >= 15 is 0 Å². The molecule has 210 valence electrons. The average Bonchev–Trinajstić information content (AvgIpc) is 3.53. The Morgan fingerprint density at radius 1 is 0.897 bits per heavy atom. The summed E-state index contributed by atoms with van der Waals surface area (Å²) >= 11 is 0. The molecule has 0 spiro atoms. The zero-order valence-electron chi connectivity index (χ0n) is 23.0. The SMILES string of the molecule is COc1cc(/C(=C2\O[C@@H]([C@H]3COC(C)(C)O3)[C@H]3OC(C)(C)O[C@@H]23)c2cccc([N+](=O)[O-])c2)cc(OC)c1OC. The second-order valence-corrected chi connectivity index (χ2v) is 10.4. The van der Waals surface area contributed by atoms with Crippen LogP contribution in [0.25, 0.3) is 5.57 Å². The molecule has 11 heteroatoms. The molecule has 0 amide bonds. The minimum atomic E-state index is -0.902. The average molecular weight is 544 g/mol. The van der Waals surface area contributed by atoms with Crippen LogP contribution in [0.15, 0.2) is 42.2 Å². The summed E-state index contributed by atoms with van der Waals surface area (Å²) < 4.78 is 48.0. The normalized spacial score (nSPS) is 28.0. The number of rotatable bonds is 7. The lowest BCUT2D eigenvalue weighted by molar-refractivity contribution is -0.384. The van der Waals surface area contributed by atoms with Gasteiger partial charge in [0.1, 0.15) is 24.1 Å². The van der Waals surface area contributed by atoms with Crippen molar-refractivity contribution in [3.63, 3.8) is 0 Å². The fraction of sp³-hybridized carbons (Fsp3) is 0.500. The van der Waals surface area contributed by atoms with Crippen molar-refractivity contribution in [2.75, 3.05) is 27.9 Å². The first-order valence-electron chi connectivity index (χ1n) is 12.6. The standard InChI is InChI=1S/C28H33NO10/c1-27(2)35-14-20(37-27)23-25-26(39-28(3,4)38-25)24(36-23)21(15-9-8-10-17(11-15)29(30)31)16-12-18(32-5)22(34-7)19(13-16)33-6/h8-13,20,23,25-26H,14H2,1-7H3/b24-21-/t20-,23+,25-,26+/m1/s1. The van der Waals surface area contributed by atoms with Crippen molar-refractivity contribution >= 4 is 11.3 Å². The second kappa shape index (κ2) is 9.98. The Hall–Kier alpha value is -3.38. The molecule has 0 radical (unpaired) electrons. The highest BCUT2D eigenvalue weighted by Gasteiger charge is 2.58. The molecule has 5 rings (SSSR count). The first-order valence-corrected chi connectivity index (χ1v) is 12.6. The third-order valence-corrected chi connectivity index (χ3v) is 6.92. The van der Waals surface area contributed by atoms with Gasteiger partial charge in [0, 0.05) is 17.7 Å². The molecular weight excluding hydrogens is 510 g/mol. The van der Waals surface area contributed by atoms with Gasteiger partial charge in [-0.1, -0.05) is 12.1 Å². The Bertz CT molecular complexity index is 1280. The lowest BCUT2D eigenvalue weighted by Crippen LogP contribution is -2.40. The molecule has 3 aliphatic heterocycles. The molecule has 0 aliphatic carbocycles. The van der Waals surface area contributed by atoms with Gasteiger partial charge in [-0.05, 0) is 51.0 Å². The molecular formula is C28H33NO10. The predicted octanol–water partition coefficient (Wildman–Crippen LogP) is 4.45. The van der Waals surface area contributed by atoms with Crippen LogP contribution in [-0.2, 0) is 23.7 Å². The van der Waals surface area contributed by atoms with E-state index in [1.807, 2.05) is 27.7 Å². The number of ether oxygens (including phenoxy) is 8. The molecule has 0 N–H and O–H groups in total. The quantitative estimate of drug-likeness (QED) is 0.366. The molecule has 0 unspecified atom stereocenters. The highest BCUT2D eigenvalue weighted by atomic mass is 16.8. The van der Waals surface area contributed by atoms with Gasteiger partial charge >= 0.3 is 0 Å². The molecule has 2 aromatic carbocycles. The molecule has 3 aliphatic rings. The number of fused-ring (bicyclic) bond motifs is 1. The third-order valence-electron chi connectivity index (χ3n) is 6.92. The summed E-state index contributed by atoms with van der Waals surface area (Å²) in [5, 5.41) is 11.7. The van der Waals surface area contributed by atoms with Crippen LogP contribution < -0.4 is 14.2 Å². The molecule has 2 aromatic rings. The molecule has 39 heavy (non-hydrogen) atoms. The van der Waals surface area contributed by atoms with Crippen LogP contribution in [0.1, 0.15) is 38.8 Å². The smallest absolute Gasteiger partial charge is 0.270 e. The van der Waals surface area contributed by atoms with Gasteiger partial charge in [-0.25, -0.2) is 0 Å². The van der Waals surface area contributed by atoms with Gasteiger partial charge in [0.2, 0.25) is 5.75 Å². The summed E-state index contributed by atoms with van der Waals surface area (Å²) in [4.78, 5) is 11.3. The number of benzene rings is 2. The number of hydrogen-bond acceptors (Lipinski definition) is 10. The van der Waals surface area contributed by atoms with Gasteiger partial charge in [0.25, 0.3) is 5.69 Å². The lowest BCUT2D eigenvalue weighted by Gasteiger charge is -2.26. The molecule has 11 nitrogen and oxygen atoms in total. The topological polar surface area (TPSA) is 117 Å². The van der Waals surface area contributed by atoms with E-state index in [2.05, 4.69) is 0 Å². The van der Waals surface area contributed by atoms with E-state index in [9.17, 15) is 10.1 Å². The molecule has 0 bridgehead atoms. The van der Waals surface area contributed by atoms with Gasteiger partial charge in [-0.3, -0.25) is 10.1 Å². The Balaban J connectivity index is 1.73. The Morgan fingerprint density at radius 2 is 1.59 bits per heavy atom. The van der Waals surface area contributed by atoms with Crippen LogP contribution in [-0.4, -0.2) is 68.8 Å². The van der Waals surface area contributed by atoms with Crippen molar-refractivity contribution in [3.8, 4) is 17.2 Å². The van der Waals surface area contributed by atoms with Gasteiger partial charge < -0.3 is 37.9 Å². The number of hydrogen-bond donors (Lipinski definition) is 0. The van der Waals surface area contributed by atoms with E-state index in [-0.39, 0.29) is 5.69 Å². The number of nitrogens with zero attached hydrogens (tertiary/aromatic N) is 1. The maximum absolute atomic E-state index is 11.7. The highest BCUT2D eigenvalue weighted by molar-refractivity contribution is 5.85. The second-order valence-electron chi connectivity index (χ2n) is 10.4. The Morgan fingerprint density at radius 3 is 2.15 bits per heavy atom. The van der Waals surface area contributed by atoms with E-state index in [1.165, 1.54) is 33.5 Å². The zero-order valence-corrected chi connectivity index (χ0v) is 23.0. The summed E-state index contributed by atoms with van der Waals surface area (Å²) in [6, 6.07) is 9.88. The Labute approximate surface area is 226 Å². The van der Waals surface area contributed by atoms with E-state index in [4.69, 9.17) is 37.9 Å². The molecule has 3 fully saturated rings. The Kier molecular flexibility index (Phi) is 6.96. The molecule has 0 aromatic heterocycles. The van der Waals surface area contributed by atoms with Crippen LogP contribution in [0.2, 0.25) is 0 Å². The minimum Gasteiger partial charge on any atom is -0.493 e. The number of nitro benzene ring substituents is 1. The van der Waals surface area contributed by atoms with Gasteiger partial charge in [0.05, 0.1) is 32.9 Å². The van der Waals surface area contributed by atoms with Crippen LogP contribution in [0.3, 0.4) is 0 Å². The summed E-state index contributed by atoms with van der Waals surface area (Å²) in [5.41, 5.74) is 1.67. The monoisotopic (exact) mass is 543 g/mol. The van der Waals surface area contributed by atoms with Crippen molar-refractivity contribution in [2.45, 2.75) is 63.7 Å². The highest BCUT2D eigenvalue weighted by Crippen LogP contribution is 2.49. The summed E-state index contributed by atoms with van der Waals surface area (Å²) in [6.07, 6.45) is -2.10. The molecule has 4 atom stereocenters. The summed E-state index contributed by atoms with van der Waals surface area (Å²) in [7, 11) is 4.57. The summed E-state index contributed by atoms with van der Waals surface area (Å²) in [5.74, 6) is 0.0270. The first kappa shape index (κ1) is 27.2. The van der Waals surface area contributed by atoms with Gasteiger partial charge in [-0.2, -0.15) is 0 Å². The van der Waals surface area contributed by atoms with E-state index in [1.54, 1.807) is 24.3 Å². The van der Waals surface area contributed by atoms with Gasteiger partial charge in [-0.15, -0.1) is 0 Å². The number of nitro groups is 1. The van der Waals surface area contributed by atoms with Crippen molar-refractivity contribution in [3.05, 3.63) is 63.4 Å². The number of methoxy groups -OCH3 is 3. The zero-order chi connectivity index (χ0) is 28.1. The fourth-order valence-corrected chi connectivity index (χ4v) is 5.33. The first-order chi connectivity index (χ1) is 18.5. The fourth-order valence-electron chi connectivity index (χ4n) is 5.33. The maximum atomic E-state index is 11.7. The minimum absolute atomic E-state index is 0.0673. The lowest BCUT2D eigenvalue weighted by atomic mass is 9.93. The van der Waals surface area contributed by atoms with Crippen molar-refractivity contribution in [1.29, 1.82) is 0 Å². The molecule has 3 heterocycles. The van der Waals surface area contributed by atoms with Crippen LogP contribution in [0.5, 0.6) is 17.2 Å². The van der Waals surface area contributed by atoms with Gasteiger partial charge in [0.15, 0.2) is 29.2 Å². The van der Waals surface area contributed by atoms with E-state index in [0.29, 0.717) is 46.3 Å². The summed E-state index contributed by atoms with van der Waals surface area (Å²) in [6.45, 7) is 7.67. The van der Waals surface area contributed by atoms with Crippen LogP contribution in [0, 0.1) is 10.1 Å². The van der Waals surface area contributed by atoms with Crippen molar-refractivity contribution in [2.24, 2.45) is 0 Å². The van der Waals surface area contributed by atoms with E-state index in [0.717, 1.165) is 0 Å². The van der Waals surface area contributed by atoms with E-state index < -0.39 is 40.9 Å². The predicted molar refractivity (Wildman–Crippen MR) is 139 cm³/mol. The largest absolute Gasteiger partial charge is 0.493 e. The number of non-ortho nitro benzene ring substituents is 1. The molecule has 0 saturated carbocycles. The van der Waals surface area contributed by atoms with Crippen LogP contribution >= 0.6 is 0 Å². The molecule has 3 saturated heterocycles. The maximum Gasteiger partial charge on any atom is 0.270 e. The van der Waals surface area contributed by atoms with Crippen molar-refractivity contribution < 1.29 is 42.8 Å².